The van der Waals surface area contributed by atoms with E-state index >= 15 is 0 Å². The summed E-state index contributed by atoms with van der Waals surface area (Å²) in [5.74, 6) is 1.64. The largest absolute Gasteiger partial charge is 0.550 e. The quantitative estimate of drug-likeness (QED) is 0.285. The molecule has 0 bridgehead atoms. The molecule has 0 heterocycles. The molecule has 0 amide bonds. The molecule has 0 aliphatic carbocycles. The van der Waals surface area contributed by atoms with Crippen LogP contribution in [-0.4, -0.2) is 22.8 Å². The molecule has 0 atom stereocenters. The van der Waals surface area contributed by atoms with Gasteiger partial charge in [0.2, 0.25) is 0 Å². The van der Waals surface area contributed by atoms with Gasteiger partial charge in [-0.15, -0.1) is 0 Å². The molecular weight excluding hydrogens is 508 g/mol. The molecule has 0 unspecified atom stereocenters. The molecule has 212 valence electrons. The van der Waals surface area contributed by atoms with Gasteiger partial charge >= 0.3 is 0 Å². The van der Waals surface area contributed by atoms with Crippen LogP contribution in [0.4, 0.5) is 0 Å². The minimum Gasteiger partial charge on any atom is -0.550 e. The third-order valence-corrected chi connectivity index (χ3v) is 6.97. The van der Waals surface area contributed by atoms with E-state index in [0.29, 0.717) is 0 Å². The lowest BCUT2D eigenvalue weighted by Crippen LogP contribution is -2.23. The normalized spacial score (nSPS) is 11.9. The van der Waals surface area contributed by atoms with Gasteiger partial charge < -0.3 is 24.1 Å². The fourth-order valence-corrected chi connectivity index (χ4v) is 5.44. The summed E-state index contributed by atoms with van der Waals surface area (Å²) in [4.78, 5) is 13.0. The van der Waals surface area contributed by atoms with Crippen molar-refractivity contribution in [2.45, 2.75) is 107 Å². The van der Waals surface area contributed by atoms with E-state index in [1.54, 1.807) is 0 Å². The van der Waals surface area contributed by atoms with Crippen LogP contribution in [0.15, 0.2) is 87.5 Å². The molecule has 0 radical (unpaired) electrons. The molecule has 0 saturated heterocycles. The molecule has 6 heteroatoms. The second-order valence-electron chi connectivity index (χ2n) is 12.1. The van der Waals surface area contributed by atoms with Crippen LogP contribution in [-0.2, 0) is 15.7 Å². The smallest absolute Gasteiger partial charge is 0.166 e. The highest BCUT2D eigenvalue weighted by Crippen LogP contribution is 2.35. The van der Waals surface area contributed by atoms with E-state index in [1.807, 2.05) is 0 Å². The lowest BCUT2D eigenvalue weighted by atomic mass is 10.2. The van der Waals surface area contributed by atoms with Gasteiger partial charge in [-0.05, 0) is 142 Å². The lowest BCUT2D eigenvalue weighted by Gasteiger charge is -2.22. The highest BCUT2D eigenvalue weighted by atomic mass is 32.2. The van der Waals surface area contributed by atoms with Gasteiger partial charge in [0.05, 0.1) is 10.9 Å². The van der Waals surface area contributed by atoms with Crippen LogP contribution in [0.1, 0.15) is 75.7 Å². The Morgan fingerprint density at radius 2 is 0.769 bits per heavy atom. The van der Waals surface area contributed by atoms with E-state index < -0.39 is 5.97 Å². The van der Waals surface area contributed by atoms with E-state index in [0.717, 1.165) is 17.2 Å². The maximum Gasteiger partial charge on any atom is 0.166 e. The summed E-state index contributed by atoms with van der Waals surface area (Å²) in [7, 11) is -0.276. The van der Waals surface area contributed by atoms with E-state index in [9.17, 15) is 9.90 Å². The molecule has 0 aromatic heterocycles. The van der Waals surface area contributed by atoms with Gasteiger partial charge in [0.25, 0.3) is 0 Å². The Bertz CT molecular complexity index is 1020. The summed E-state index contributed by atoms with van der Waals surface area (Å²) < 4.78 is 18.1. The zero-order chi connectivity index (χ0) is 29.4. The fraction of sp³-hybridized carbons (Fsp3) is 0.424. The zero-order valence-corrected chi connectivity index (χ0v) is 25.9. The number of aliphatic carboxylic acids is 1. The monoisotopic (exact) mass is 552 g/mol. The van der Waals surface area contributed by atoms with Crippen molar-refractivity contribution in [3.05, 3.63) is 72.8 Å². The summed E-state index contributed by atoms with van der Waals surface area (Å²) in [6, 6.07) is 25.4. The highest BCUT2D eigenvalue weighted by Gasteiger charge is 2.29. The minimum atomic E-state index is -0.995. The van der Waals surface area contributed by atoms with Crippen molar-refractivity contribution in [2.75, 3.05) is 0 Å². The number of carbonyl (C=O) groups is 1. The first-order chi connectivity index (χ1) is 18.0. The van der Waals surface area contributed by atoms with E-state index in [2.05, 4.69) is 135 Å². The number of carboxylic acid groups (broad SMARTS) is 1. The van der Waals surface area contributed by atoms with Gasteiger partial charge in [-0.25, -0.2) is 0 Å². The van der Waals surface area contributed by atoms with Gasteiger partial charge in [0.15, 0.2) is 14.7 Å². The van der Waals surface area contributed by atoms with Crippen molar-refractivity contribution in [2.24, 2.45) is 0 Å². The van der Waals surface area contributed by atoms with E-state index in [4.69, 9.17) is 14.2 Å². The second-order valence-corrected chi connectivity index (χ2v) is 14.1. The number of carbonyl (C=O) groups excluding carboxylic acids is 1. The molecular formula is C33H44O5S. The van der Waals surface area contributed by atoms with Gasteiger partial charge in [0, 0.05) is 5.97 Å². The van der Waals surface area contributed by atoms with Gasteiger partial charge in [0.1, 0.15) is 34.1 Å². The average Bonchev–Trinajstić information content (AvgIpc) is 2.80. The Balaban J connectivity index is 0.000000976. The zero-order valence-electron chi connectivity index (χ0n) is 25.1. The van der Waals surface area contributed by atoms with Gasteiger partial charge in [-0.1, -0.05) is 6.92 Å². The molecule has 0 aliphatic heterocycles. The van der Waals surface area contributed by atoms with Crippen LogP contribution in [0.5, 0.6) is 17.2 Å². The minimum absolute atomic E-state index is 0.111. The molecule has 3 aromatic carbocycles. The second kappa shape index (κ2) is 13.3. The Kier molecular flexibility index (Phi) is 10.9. The van der Waals surface area contributed by atoms with Crippen LogP contribution in [0.2, 0.25) is 0 Å². The van der Waals surface area contributed by atoms with Crippen LogP contribution in [0.25, 0.3) is 0 Å². The number of rotatable bonds is 7. The summed E-state index contributed by atoms with van der Waals surface area (Å²) in [5.41, 5.74) is -0.682. The van der Waals surface area contributed by atoms with Crippen LogP contribution < -0.4 is 19.3 Å². The summed E-state index contributed by atoms with van der Waals surface area (Å²) in [6.45, 7) is 20.1. The first-order valence-electron chi connectivity index (χ1n) is 13.3. The number of benzene rings is 3. The maximum absolute atomic E-state index is 9.26. The standard InChI is InChI=1S/C30H39O3S.C3H6O2/c1-28(2,3)31-22-10-16-25(17-11-22)34(26-18-12-23(13-19-26)32-29(4,5)6)27-20-14-24(15-21-27)33-30(7,8)9;1-2-3(4)5/h10-21H,1-9H3;2H2,1H3,(H,4,5)/q+1;/p-1. The lowest BCUT2D eigenvalue weighted by molar-refractivity contribution is -0.305. The third kappa shape index (κ3) is 12.1. The Labute approximate surface area is 237 Å². The van der Waals surface area contributed by atoms with Crippen molar-refractivity contribution in [3.8, 4) is 17.2 Å². The fourth-order valence-electron chi connectivity index (χ4n) is 3.40. The summed E-state index contributed by atoms with van der Waals surface area (Å²) in [5, 5.41) is 9.26. The third-order valence-electron chi connectivity index (χ3n) is 4.74. The number of ether oxygens (including phenoxy) is 3. The number of carboxylic acids is 1. The van der Waals surface area contributed by atoms with Gasteiger partial charge in [-0.3, -0.25) is 0 Å². The van der Waals surface area contributed by atoms with Crippen molar-refractivity contribution in [1.29, 1.82) is 0 Å². The van der Waals surface area contributed by atoms with Crippen molar-refractivity contribution >= 4 is 16.9 Å². The van der Waals surface area contributed by atoms with Crippen LogP contribution in [0, 0.1) is 0 Å². The predicted octanol–water partition coefficient (Wildman–Crippen LogP) is 7.46. The summed E-state index contributed by atoms with van der Waals surface area (Å²) in [6.07, 6.45) is 0.111. The van der Waals surface area contributed by atoms with Gasteiger partial charge in [-0.2, -0.15) is 0 Å². The average molecular weight is 553 g/mol. The van der Waals surface area contributed by atoms with E-state index in [-0.39, 0.29) is 34.1 Å². The molecule has 3 rings (SSSR count). The van der Waals surface area contributed by atoms with Crippen molar-refractivity contribution in [1.82, 2.24) is 0 Å². The van der Waals surface area contributed by atoms with Crippen molar-refractivity contribution in [3.63, 3.8) is 0 Å². The van der Waals surface area contributed by atoms with Crippen LogP contribution in [0.3, 0.4) is 0 Å². The molecule has 0 spiro atoms. The molecule has 0 N–H and O–H groups in total. The first kappa shape index (κ1) is 32.1. The number of hydrogen-bond donors (Lipinski definition) is 0. The highest BCUT2D eigenvalue weighted by molar-refractivity contribution is 7.97. The SMILES string of the molecule is CC(C)(C)Oc1ccc([S+](c2ccc(OC(C)(C)C)cc2)c2ccc(OC(C)(C)C)cc2)cc1.CCC(=O)[O-]. The Morgan fingerprint density at radius 3 is 0.923 bits per heavy atom. The topological polar surface area (TPSA) is 67.8 Å². The Morgan fingerprint density at radius 1 is 0.564 bits per heavy atom. The molecule has 0 aliphatic rings. The van der Waals surface area contributed by atoms with Crippen LogP contribution >= 0.6 is 0 Å². The molecule has 0 fully saturated rings. The van der Waals surface area contributed by atoms with E-state index in [1.165, 1.54) is 21.6 Å². The first-order valence-corrected chi connectivity index (χ1v) is 14.5. The summed E-state index contributed by atoms with van der Waals surface area (Å²) >= 11 is 0. The molecule has 0 saturated carbocycles. The maximum atomic E-state index is 9.26. The molecule has 5 nitrogen and oxygen atoms in total. The molecule has 39 heavy (non-hydrogen) atoms. The number of hydrogen-bond acceptors (Lipinski definition) is 5. The predicted molar refractivity (Wildman–Crippen MR) is 158 cm³/mol. The molecule has 3 aromatic rings. The van der Waals surface area contributed by atoms with Crippen molar-refractivity contribution < 1.29 is 24.1 Å². The Hall–Kier alpha value is -3.12.